The third-order valence-electron chi connectivity index (χ3n) is 3.22. The third-order valence-corrected chi connectivity index (χ3v) is 3.22. The van der Waals surface area contributed by atoms with Gasteiger partial charge in [0.1, 0.15) is 0 Å². The first kappa shape index (κ1) is 11.6. The molecule has 2 heteroatoms. The van der Waals surface area contributed by atoms with Crippen LogP contribution < -0.4 is 5.32 Å². The van der Waals surface area contributed by atoms with Crippen molar-refractivity contribution in [2.45, 2.75) is 38.8 Å². The molecule has 1 N–H and O–H groups in total. The van der Waals surface area contributed by atoms with Crippen LogP contribution in [0.3, 0.4) is 0 Å². The molecule has 16 heavy (non-hydrogen) atoms. The average Bonchev–Trinajstić information content (AvgIpc) is 2.31. The minimum absolute atomic E-state index is 0.410. The average molecular weight is 219 g/mol. The van der Waals surface area contributed by atoms with Crippen molar-refractivity contribution in [1.29, 1.82) is 0 Å². The minimum Gasteiger partial charge on any atom is -0.380 e. The maximum absolute atomic E-state index is 5.48. The standard InChI is InChI=1S/C14H21NO/c1-11-5-7-13(8-6-11)12(2)15-14-4-3-9-16-10-14/h5-8,12,14-15H,3-4,9-10H2,1-2H3/t12-,14?/m1/s1. The Morgan fingerprint density at radius 3 is 2.69 bits per heavy atom. The van der Waals surface area contributed by atoms with Gasteiger partial charge in [-0.25, -0.2) is 0 Å². The Hall–Kier alpha value is -0.860. The molecule has 0 spiro atoms. The highest BCUT2D eigenvalue weighted by atomic mass is 16.5. The zero-order valence-electron chi connectivity index (χ0n) is 10.2. The summed E-state index contributed by atoms with van der Waals surface area (Å²) < 4.78 is 5.48. The SMILES string of the molecule is Cc1ccc([C@@H](C)NC2CCCOC2)cc1. The van der Waals surface area contributed by atoms with Crippen LogP contribution in [-0.4, -0.2) is 19.3 Å². The van der Waals surface area contributed by atoms with Crippen LogP contribution in [-0.2, 0) is 4.74 Å². The molecule has 1 unspecified atom stereocenters. The normalized spacial score (nSPS) is 23.0. The number of benzene rings is 1. The van der Waals surface area contributed by atoms with Gasteiger partial charge in [0.05, 0.1) is 6.61 Å². The molecular weight excluding hydrogens is 198 g/mol. The van der Waals surface area contributed by atoms with E-state index in [9.17, 15) is 0 Å². The number of rotatable bonds is 3. The fourth-order valence-electron chi connectivity index (χ4n) is 2.18. The molecule has 2 nitrogen and oxygen atoms in total. The van der Waals surface area contributed by atoms with Crippen LogP contribution >= 0.6 is 0 Å². The van der Waals surface area contributed by atoms with E-state index in [1.165, 1.54) is 24.0 Å². The second-order valence-corrected chi connectivity index (χ2v) is 4.71. The molecule has 1 aliphatic heterocycles. The van der Waals surface area contributed by atoms with Gasteiger partial charge in [-0.3, -0.25) is 0 Å². The third kappa shape index (κ3) is 3.06. The lowest BCUT2D eigenvalue weighted by Gasteiger charge is -2.27. The topological polar surface area (TPSA) is 21.3 Å². The summed E-state index contributed by atoms with van der Waals surface area (Å²) in [6, 6.07) is 9.68. The molecule has 1 heterocycles. The van der Waals surface area contributed by atoms with E-state index in [1.807, 2.05) is 0 Å². The molecule has 2 atom stereocenters. The molecule has 0 aromatic heterocycles. The van der Waals surface area contributed by atoms with Crippen molar-refractivity contribution < 1.29 is 4.74 Å². The number of ether oxygens (including phenoxy) is 1. The quantitative estimate of drug-likeness (QED) is 0.844. The summed E-state index contributed by atoms with van der Waals surface area (Å²) in [7, 11) is 0. The van der Waals surface area contributed by atoms with Crippen LogP contribution in [0.2, 0.25) is 0 Å². The summed E-state index contributed by atoms with van der Waals surface area (Å²) in [5, 5.41) is 3.63. The maximum atomic E-state index is 5.48. The van der Waals surface area contributed by atoms with Gasteiger partial charge in [0.15, 0.2) is 0 Å². The van der Waals surface area contributed by atoms with E-state index in [1.54, 1.807) is 0 Å². The monoisotopic (exact) mass is 219 g/mol. The van der Waals surface area contributed by atoms with E-state index in [2.05, 4.69) is 43.4 Å². The van der Waals surface area contributed by atoms with Crippen LogP contribution in [0.25, 0.3) is 0 Å². The Labute approximate surface area is 98.0 Å². The largest absolute Gasteiger partial charge is 0.380 e. The predicted octanol–water partition coefficient (Wildman–Crippen LogP) is 2.82. The number of hydrogen-bond acceptors (Lipinski definition) is 2. The van der Waals surface area contributed by atoms with E-state index in [-0.39, 0.29) is 0 Å². The Morgan fingerprint density at radius 2 is 2.06 bits per heavy atom. The van der Waals surface area contributed by atoms with Crippen LogP contribution in [0.4, 0.5) is 0 Å². The summed E-state index contributed by atoms with van der Waals surface area (Å²) in [6.45, 7) is 6.13. The van der Waals surface area contributed by atoms with Crippen molar-refractivity contribution in [2.75, 3.05) is 13.2 Å². The van der Waals surface area contributed by atoms with Gasteiger partial charge in [0.25, 0.3) is 0 Å². The molecule has 1 fully saturated rings. The molecule has 0 amide bonds. The maximum Gasteiger partial charge on any atom is 0.0619 e. The van der Waals surface area contributed by atoms with Crippen LogP contribution in [0, 0.1) is 6.92 Å². The fraction of sp³-hybridized carbons (Fsp3) is 0.571. The fourth-order valence-corrected chi connectivity index (χ4v) is 2.18. The van der Waals surface area contributed by atoms with Crippen molar-refractivity contribution in [2.24, 2.45) is 0 Å². The lowest BCUT2D eigenvalue weighted by atomic mass is 10.0. The minimum atomic E-state index is 0.410. The Balaban J connectivity index is 1.91. The Kier molecular flexibility index (Phi) is 3.97. The summed E-state index contributed by atoms with van der Waals surface area (Å²) in [4.78, 5) is 0. The lowest BCUT2D eigenvalue weighted by molar-refractivity contribution is 0.0671. The van der Waals surface area contributed by atoms with Crippen molar-refractivity contribution in [3.8, 4) is 0 Å². The van der Waals surface area contributed by atoms with E-state index < -0.39 is 0 Å². The summed E-state index contributed by atoms with van der Waals surface area (Å²) in [6.07, 6.45) is 2.41. The molecule has 0 saturated carbocycles. The summed E-state index contributed by atoms with van der Waals surface area (Å²) in [5.41, 5.74) is 2.67. The highest BCUT2D eigenvalue weighted by Crippen LogP contribution is 2.16. The highest BCUT2D eigenvalue weighted by molar-refractivity contribution is 5.23. The van der Waals surface area contributed by atoms with Crippen molar-refractivity contribution in [1.82, 2.24) is 5.32 Å². The highest BCUT2D eigenvalue weighted by Gasteiger charge is 2.16. The Bertz CT molecular complexity index is 314. The van der Waals surface area contributed by atoms with Crippen LogP contribution in [0.15, 0.2) is 24.3 Å². The molecule has 2 rings (SSSR count). The second kappa shape index (κ2) is 5.46. The van der Waals surface area contributed by atoms with Gasteiger partial charge in [-0.15, -0.1) is 0 Å². The zero-order chi connectivity index (χ0) is 11.4. The van der Waals surface area contributed by atoms with Crippen LogP contribution in [0.5, 0.6) is 0 Å². The van der Waals surface area contributed by atoms with Gasteiger partial charge in [0, 0.05) is 18.7 Å². The van der Waals surface area contributed by atoms with Gasteiger partial charge in [-0.1, -0.05) is 29.8 Å². The van der Waals surface area contributed by atoms with Gasteiger partial charge >= 0.3 is 0 Å². The Morgan fingerprint density at radius 1 is 1.31 bits per heavy atom. The number of nitrogens with one attached hydrogen (secondary N) is 1. The van der Waals surface area contributed by atoms with Crippen molar-refractivity contribution in [3.05, 3.63) is 35.4 Å². The number of aryl methyl sites for hydroxylation is 1. The summed E-state index contributed by atoms with van der Waals surface area (Å²) >= 11 is 0. The molecule has 88 valence electrons. The van der Waals surface area contributed by atoms with Crippen LogP contribution in [0.1, 0.15) is 36.9 Å². The van der Waals surface area contributed by atoms with E-state index in [0.717, 1.165) is 13.2 Å². The first-order chi connectivity index (χ1) is 7.75. The van der Waals surface area contributed by atoms with Gasteiger partial charge in [-0.2, -0.15) is 0 Å². The summed E-state index contributed by atoms with van der Waals surface area (Å²) in [5.74, 6) is 0. The van der Waals surface area contributed by atoms with Gasteiger partial charge in [0.2, 0.25) is 0 Å². The van der Waals surface area contributed by atoms with Crippen molar-refractivity contribution in [3.63, 3.8) is 0 Å². The van der Waals surface area contributed by atoms with Gasteiger partial charge < -0.3 is 10.1 Å². The molecule has 1 aromatic rings. The molecule has 1 aliphatic rings. The second-order valence-electron chi connectivity index (χ2n) is 4.71. The molecule has 0 bridgehead atoms. The molecule has 0 aliphatic carbocycles. The molecule has 0 radical (unpaired) electrons. The van der Waals surface area contributed by atoms with E-state index in [0.29, 0.717) is 12.1 Å². The first-order valence-corrected chi connectivity index (χ1v) is 6.16. The first-order valence-electron chi connectivity index (χ1n) is 6.16. The molecular formula is C14H21NO. The number of hydrogen-bond donors (Lipinski definition) is 1. The predicted molar refractivity (Wildman–Crippen MR) is 66.6 cm³/mol. The smallest absolute Gasteiger partial charge is 0.0619 e. The van der Waals surface area contributed by atoms with Crippen molar-refractivity contribution >= 4 is 0 Å². The van der Waals surface area contributed by atoms with E-state index in [4.69, 9.17) is 4.74 Å². The van der Waals surface area contributed by atoms with Gasteiger partial charge in [-0.05, 0) is 32.3 Å². The van der Waals surface area contributed by atoms with E-state index >= 15 is 0 Å². The molecule has 1 saturated heterocycles. The molecule has 1 aromatic carbocycles. The zero-order valence-corrected chi connectivity index (χ0v) is 10.2. The lowest BCUT2D eigenvalue weighted by Crippen LogP contribution is -2.38.